The fraction of sp³-hybridized carbons (Fsp3) is 0.143. The Balaban J connectivity index is 1.43. The number of aryl methyl sites for hydroxylation is 1. The number of carbonyl (C=O) groups excluding carboxylic acids is 2. The Morgan fingerprint density at radius 2 is 1.74 bits per heavy atom. The summed E-state index contributed by atoms with van der Waals surface area (Å²) in [6, 6.07) is 20.7. The fourth-order valence-corrected chi connectivity index (χ4v) is 4.19. The zero-order chi connectivity index (χ0) is 24.4. The summed E-state index contributed by atoms with van der Waals surface area (Å²) in [6.07, 6.45) is 2.96. The van der Waals surface area contributed by atoms with Gasteiger partial charge >= 0.3 is 0 Å². The molecule has 0 saturated carbocycles. The van der Waals surface area contributed by atoms with Crippen molar-refractivity contribution in [3.63, 3.8) is 0 Å². The molecule has 1 fully saturated rings. The molecule has 1 aliphatic rings. The van der Waals surface area contributed by atoms with E-state index in [4.69, 9.17) is 13.6 Å². The van der Waals surface area contributed by atoms with Gasteiger partial charge in [0.05, 0.1) is 24.6 Å². The molecule has 1 aliphatic heterocycles. The number of likely N-dealkylation sites (tertiary alicyclic amines) is 1. The number of Topliss-reactive ketones (excluding diaryl/α,β-unsaturated/α-hetero) is 1. The Morgan fingerprint density at radius 1 is 0.971 bits per heavy atom. The molecule has 1 amide bonds. The maximum Gasteiger partial charge on any atom is 0.296 e. The van der Waals surface area contributed by atoms with Gasteiger partial charge in [-0.05, 0) is 61.0 Å². The molecular weight excluding hydrogens is 446 g/mol. The van der Waals surface area contributed by atoms with Crippen molar-refractivity contribution in [3.05, 3.63) is 119 Å². The summed E-state index contributed by atoms with van der Waals surface area (Å²) >= 11 is 0. The highest BCUT2D eigenvalue weighted by Gasteiger charge is 2.47. The number of hydrogen-bond acceptors (Lipinski definition) is 6. The van der Waals surface area contributed by atoms with Crippen LogP contribution in [0.3, 0.4) is 0 Å². The number of benzene rings is 2. The lowest BCUT2D eigenvalue weighted by atomic mass is 9.99. The molecule has 7 heteroatoms. The van der Waals surface area contributed by atoms with Crippen LogP contribution in [0.15, 0.2) is 99.7 Å². The van der Waals surface area contributed by atoms with Crippen molar-refractivity contribution in [2.24, 2.45) is 0 Å². The van der Waals surface area contributed by atoms with Crippen molar-refractivity contribution >= 4 is 17.4 Å². The van der Waals surface area contributed by atoms with Gasteiger partial charge in [0, 0.05) is 5.56 Å². The van der Waals surface area contributed by atoms with Crippen LogP contribution in [0, 0.1) is 6.92 Å². The summed E-state index contributed by atoms with van der Waals surface area (Å²) in [5.74, 6) is -0.299. The summed E-state index contributed by atoms with van der Waals surface area (Å²) in [6.45, 7) is 2.49. The minimum atomic E-state index is -0.882. The van der Waals surface area contributed by atoms with E-state index in [9.17, 15) is 14.7 Å². The second-order valence-corrected chi connectivity index (χ2v) is 8.32. The number of carbonyl (C=O) groups is 2. The van der Waals surface area contributed by atoms with Crippen LogP contribution in [-0.4, -0.2) is 21.7 Å². The van der Waals surface area contributed by atoms with Gasteiger partial charge in [-0.25, -0.2) is 0 Å². The smallest absolute Gasteiger partial charge is 0.296 e. The van der Waals surface area contributed by atoms with Crippen molar-refractivity contribution < 1.29 is 28.3 Å². The number of ether oxygens (including phenoxy) is 1. The first kappa shape index (κ1) is 22.3. The third-order valence-corrected chi connectivity index (χ3v) is 5.87. The Morgan fingerprint density at radius 3 is 2.43 bits per heavy atom. The zero-order valence-electron chi connectivity index (χ0n) is 19.0. The highest BCUT2D eigenvalue weighted by molar-refractivity contribution is 6.46. The predicted molar refractivity (Wildman–Crippen MR) is 127 cm³/mol. The maximum absolute atomic E-state index is 13.0. The molecule has 35 heavy (non-hydrogen) atoms. The number of aliphatic hydroxyl groups excluding tert-OH is 1. The van der Waals surface area contributed by atoms with Gasteiger partial charge in [-0.1, -0.05) is 29.8 Å². The summed E-state index contributed by atoms with van der Waals surface area (Å²) < 4.78 is 16.8. The van der Waals surface area contributed by atoms with E-state index >= 15 is 0 Å². The lowest BCUT2D eigenvalue weighted by Gasteiger charge is -2.22. The van der Waals surface area contributed by atoms with E-state index in [1.54, 1.807) is 48.5 Å². The third kappa shape index (κ3) is 4.48. The highest BCUT2D eigenvalue weighted by atomic mass is 16.5. The molecule has 2 aromatic carbocycles. The van der Waals surface area contributed by atoms with Gasteiger partial charge in [-0.3, -0.25) is 9.59 Å². The summed E-state index contributed by atoms with van der Waals surface area (Å²) in [7, 11) is 0. The second kappa shape index (κ2) is 9.38. The summed E-state index contributed by atoms with van der Waals surface area (Å²) in [5, 5.41) is 11.1. The van der Waals surface area contributed by atoms with Gasteiger partial charge < -0.3 is 23.6 Å². The van der Waals surface area contributed by atoms with E-state index in [1.165, 1.54) is 17.4 Å². The van der Waals surface area contributed by atoms with Gasteiger partial charge in [-0.15, -0.1) is 0 Å². The molecular formula is C28H23NO6. The number of furan rings is 2. The standard InChI is InChI=1S/C28H23NO6/c1-18-5-2-6-19(15-18)17-35-21-11-9-20(10-12-21)26(30)24-25(23-8-4-14-34-23)29(28(32)27(24)31)16-22-7-3-13-33-22/h2-15,25,30H,16-17H2,1H3/t25-/m0/s1. The minimum absolute atomic E-state index is 0.0371. The molecule has 1 saturated heterocycles. The van der Waals surface area contributed by atoms with E-state index in [0.29, 0.717) is 29.4 Å². The Labute approximate surface area is 201 Å². The molecule has 5 rings (SSSR count). The van der Waals surface area contributed by atoms with Crippen LogP contribution < -0.4 is 4.74 Å². The molecule has 1 atom stereocenters. The number of nitrogens with zero attached hydrogens (tertiary/aromatic N) is 1. The molecule has 0 bridgehead atoms. The molecule has 0 radical (unpaired) electrons. The van der Waals surface area contributed by atoms with E-state index < -0.39 is 17.7 Å². The molecule has 4 aromatic rings. The van der Waals surface area contributed by atoms with Crippen LogP contribution in [0.4, 0.5) is 0 Å². The number of hydrogen-bond donors (Lipinski definition) is 1. The van der Waals surface area contributed by atoms with E-state index in [0.717, 1.165) is 11.1 Å². The molecule has 0 aliphatic carbocycles. The molecule has 1 N–H and O–H groups in total. The Bertz CT molecular complexity index is 1370. The van der Waals surface area contributed by atoms with Gasteiger partial charge in [0.1, 0.15) is 35.7 Å². The highest BCUT2D eigenvalue weighted by Crippen LogP contribution is 2.40. The first-order chi connectivity index (χ1) is 17.0. The SMILES string of the molecule is Cc1cccc(COc2ccc(C(O)=C3C(=O)C(=O)N(Cc4ccco4)[C@H]3c3ccco3)cc2)c1. The summed E-state index contributed by atoms with van der Waals surface area (Å²) in [4.78, 5) is 27.3. The normalized spacial score (nSPS) is 17.2. The van der Waals surface area contributed by atoms with Crippen molar-refractivity contribution in [1.82, 2.24) is 4.90 Å². The van der Waals surface area contributed by atoms with Crippen LogP contribution in [0.1, 0.15) is 34.3 Å². The Kier molecular flexibility index (Phi) is 5.97. The topological polar surface area (TPSA) is 93.1 Å². The second-order valence-electron chi connectivity index (χ2n) is 8.32. The molecule has 7 nitrogen and oxygen atoms in total. The largest absolute Gasteiger partial charge is 0.507 e. The van der Waals surface area contributed by atoms with Crippen LogP contribution in [0.25, 0.3) is 5.76 Å². The zero-order valence-corrected chi connectivity index (χ0v) is 19.0. The number of aliphatic hydroxyl groups is 1. The maximum atomic E-state index is 13.0. The Hall–Kier alpha value is -4.52. The summed E-state index contributed by atoms with van der Waals surface area (Å²) in [5.41, 5.74) is 2.55. The monoisotopic (exact) mass is 469 g/mol. The van der Waals surface area contributed by atoms with Crippen LogP contribution >= 0.6 is 0 Å². The van der Waals surface area contributed by atoms with Crippen LogP contribution in [-0.2, 0) is 22.7 Å². The average Bonchev–Trinajstić information content (AvgIpc) is 3.62. The van der Waals surface area contributed by atoms with E-state index in [-0.39, 0.29) is 17.9 Å². The van der Waals surface area contributed by atoms with E-state index in [1.807, 2.05) is 25.1 Å². The average molecular weight is 469 g/mol. The molecule has 3 heterocycles. The van der Waals surface area contributed by atoms with E-state index in [2.05, 4.69) is 6.07 Å². The lowest BCUT2D eigenvalue weighted by molar-refractivity contribution is -0.140. The number of amides is 1. The van der Waals surface area contributed by atoms with Crippen LogP contribution in [0.2, 0.25) is 0 Å². The lowest BCUT2D eigenvalue weighted by Crippen LogP contribution is -2.28. The third-order valence-electron chi connectivity index (χ3n) is 5.87. The van der Waals surface area contributed by atoms with Gasteiger partial charge in [0.15, 0.2) is 0 Å². The van der Waals surface area contributed by atoms with Gasteiger partial charge in [0.25, 0.3) is 11.7 Å². The number of ketones is 1. The van der Waals surface area contributed by atoms with Crippen molar-refractivity contribution in [3.8, 4) is 5.75 Å². The molecule has 2 aromatic heterocycles. The molecule has 0 unspecified atom stereocenters. The number of rotatable bonds is 7. The molecule has 176 valence electrons. The van der Waals surface area contributed by atoms with Crippen LogP contribution in [0.5, 0.6) is 5.75 Å². The fourth-order valence-electron chi connectivity index (χ4n) is 4.19. The van der Waals surface area contributed by atoms with Crippen molar-refractivity contribution in [2.45, 2.75) is 26.1 Å². The predicted octanol–water partition coefficient (Wildman–Crippen LogP) is 5.38. The van der Waals surface area contributed by atoms with Gasteiger partial charge in [-0.2, -0.15) is 0 Å². The van der Waals surface area contributed by atoms with Gasteiger partial charge in [0.2, 0.25) is 0 Å². The first-order valence-electron chi connectivity index (χ1n) is 11.1. The quantitative estimate of drug-likeness (QED) is 0.222. The first-order valence-corrected chi connectivity index (χ1v) is 11.1. The van der Waals surface area contributed by atoms with Crippen molar-refractivity contribution in [2.75, 3.05) is 0 Å². The minimum Gasteiger partial charge on any atom is -0.507 e. The molecule has 0 spiro atoms. The van der Waals surface area contributed by atoms with Crippen molar-refractivity contribution in [1.29, 1.82) is 0 Å².